The van der Waals surface area contributed by atoms with Gasteiger partial charge in [-0.25, -0.2) is 0 Å². The quantitative estimate of drug-likeness (QED) is 0.832. The number of aryl methyl sites for hydroxylation is 1. The molecule has 4 rings (SSSR count). The molecule has 0 aromatic heterocycles. The highest BCUT2D eigenvalue weighted by Crippen LogP contribution is 2.37. The number of nitrogens with zero attached hydrogens (tertiary/aromatic N) is 1. The van der Waals surface area contributed by atoms with Crippen LogP contribution in [0.4, 0.5) is 11.4 Å². The van der Waals surface area contributed by atoms with Gasteiger partial charge in [0.2, 0.25) is 5.91 Å². The first-order valence-electron chi connectivity index (χ1n) is 8.63. The van der Waals surface area contributed by atoms with E-state index in [0.29, 0.717) is 5.56 Å². The summed E-state index contributed by atoms with van der Waals surface area (Å²) in [5.41, 5.74) is 3.47. The van der Waals surface area contributed by atoms with Gasteiger partial charge in [0.1, 0.15) is 0 Å². The van der Waals surface area contributed by atoms with Gasteiger partial charge in [0.25, 0.3) is 5.91 Å². The van der Waals surface area contributed by atoms with Crippen LogP contribution in [0, 0.1) is 5.92 Å². The molecule has 2 aromatic carbocycles. The molecule has 5 heteroatoms. The van der Waals surface area contributed by atoms with Gasteiger partial charge in [-0.3, -0.25) is 9.59 Å². The summed E-state index contributed by atoms with van der Waals surface area (Å²) in [6.07, 6.45) is 3.98. The fraction of sp³-hybridized carbons (Fsp3) is 0.300. The number of hydrogen-bond donors (Lipinski definition) is 1. The van der Waals surface area contributed by atoms with Crippen LogP contribution in [0.5, 0.6) is 0 Å². The van der Waals surface area contributed by atoms with Gasteiger partial charge < -0.3 is 10.2 Å². The van der Waals surface area contributed by atoms with E-state index in [-0.39, 0.29) is 17.7 Å². The standard InChI is InChI=1S/C20H19BrN2O2/c21-16-8-5-14(6-9-16)19(24)22-17-10-7-13-2-1-11-23(18(13)12-17)20(25)15-3-4-15/h5-10,12,15H,1-4,11H2,(H,22,24). The lowest BCUT2D eigenvalue weighted by Crippen LogP contribution is -2.36. The zero-order chi connectivity index (χ0) is 17.4. The van der Waals surface area contributed by atoms with Gasteiger partial charge >= 0.3 is 0 Å². The summed E-state index contributed by atoms with van der Waals surface area (Å²) in [5, 5.41) is 2.94. The zero-order valence-electron chi connectivity index (χ0n) is 13.8. The smallest absolute Gasteiger partial charge is 0.255 e. The van der Waals surface area contributed by atoms with E-state index >= 15 is 0 Å². The second-order valence-corrected chi connectivity index (χ2v) is 7.59. The van der Waals surface area contributed by atoms with Crippen molar-refractivity contribution in [2.75, 3.05) is 16.8 Å². The third-order valence-electron chi connectivity index (χ3n) is 4.76. The van der Waals surface area contributed by atoms with E-state index in [2.05, 4.69) is 21.2 Å². The number of carbonyl (C=O) groups excluding carboxylic acids is 2. The van der Waals surface area contributed by atoms with Crippen molar-refractivity contribution < 1.29 is 9.59 Å². The average Bonchev–Trinajstić information content (AvgIpc) is 3.46. The van der Waals surface area contributed by atoms with Gasteiger partial charge in [-0.2, -0.15) is 0 Å². The Balaban J connectivity index is 1.57. The predicted molar refractivity (Wildman–Crippen MR) is 102 cm³/mol. The summed E-state index contributed by atoms with van der Waals surface area (Å²) in [5.74, 6) is 0.285. The van der Waals surface area contributed by atoms with Crippen molar-refractivity contribution in [1.82, 2.24) is 0 Å². The minimum atomic E-state index is -0.150. The summed E-state index contributed by atoms with van der Waals surface area (Å²) in [6, 6.07) is 13.1. The summed E-state index contributed by atoms with van der Waals surface area (Å²) < 4.78 is 0.937. The molecule has 0 unspecified atom stereocenters. The Bertz CT molecular complexity index is 828. The lowest BCUT2D eigenvalue weighted by Gasteiger charge is -2.30. The van der Waals surface area contributed by atoms with Crippen LogP contribution in [0.25, 0.3) is 0 Å². The normalized spacial score (nSPS) is 16.3. The Morgan fingerprint density at radius 2 is 1.84 bits per heavy atom. The van der Waals surface area contributed by atoms with Crippen LogP contribution in [0.3, 0.4) is 0 Å². The number of fused-ring (bicyclic) bond motifs is 1. The fourth-order valence-corrected chi connectivity index (χ4v) is 3.50. The molecule has 0 atom stereocenters. The van der Waals surface area contributed by atoms with Crippen molar-refractivity contribution in [2.24, 2.45) is 5.92 Å². The van der Waals surface area contributed by atoms with Gasteiger partial charge in [0.15, 0.2) is 0 Å². The highest BCUT2D eigenvalue weighted by Gasteiger charge is 2.35. The maximum Gasteiger partial charge on any atom is 0.255 e. The highest BCUT2D eigenvalue weighted by molar-refractivity contribution is 9.10. The molecule has 2 amide bonds. The van der Waals surface area contributed by atoms with Crippen LogP contribution in [0.1, 0.15) is 35.2 Å². The molecule has 2 aromatic rings. The molecule has 1 heterocycles. The highest BCUT2D eigenvalue weighted by atomic mass is 79.9. The number of carbonyl (C=O) groups is 2. The van der Waals surface area contributed by atoms with Crippen LogP contribution >= 0.6 is 15.9 Å². The summed E-state index contributed by atoms with van der Waals surface area (Å²) in [7, 11) is 0. The maximum absolute atomic E-state index is 12.5. The number of benzene rings is 2. The van der Waals surface area contributed by atoms with E-state index < -0.39 is 0 Å². The molecule has 128 valence electrons. The van der Waals surface area contributed by atoms with Crippen LogP contribution < -0.4 is 10.2 Å². The number of halogens is 1. The first-order chi connectivity index (χ1) is 12.1. The number of nitrogens with one attached hydrogen (secondary N) is 1. The van der Waals surface area contributed by atoms with E-state index in [1.165, 1.54) is 5.56 Å². The van der Waals surface area contributed by atoms with E-state index in [1.807, 2.05) is 35.2 Å². The van der Waals surface area contributed by atoms with Crippen LogP contribution in [-0.2, 0) is 11.2 Å². The SMILES string of the molecule is O=C(Nc1ccc2c(c1)N(C(=O)C1CC1)CCC2)c1ccc(Br)cc1. The molecule has 1 saturated carbocycles. The van der Waals surface area contributed by atoms with Gasteiger partial charge in [-0.1, -0.05) is 22.0 Å². The number of hydrogen-bond acceptors (Lipinski definition) is 2. The molecule has 4 nitrogen and oxygen atoms in total. The predicted octanol–water partition coefficient (Wildman–Crippen LogP) is 4.39. The molecular formula is C20H19BrN2O2. The van der Waals surface area contributed by atoms with E-state index in [0.717, 1.165) is 48.1 Å². The van der Waals surface area contributed by atoms with Gasteiger partial charge in [0, 0.05) is 33.9 Å². The molecule has 0 radical (unpaired) electrons. The minimum Gasteiger partial charge on any atom is -0.322 e. The van der Waals surface area contributed by atoms with Crippen LogP contribution in [-0.4, -0.2) is 18.4 Å². The Morgan fingerprint density at radius 3 is 2.56 bits per heavy atom. The maximum atomic E-state index is 12.5. The molecule has 1 aliphatic carbocycles. The molecule has 1 fully saturated rings. The lowest BCUT2D eigenvalue weighted by atomic mass is 10.0. The Hall–Kier alpha value is -2.14. The molecule has 0 saturated heterocycles. The van der Waals surface area contributed by atoms with Gasteiger partial charge in [0.05, 0.1) is 0 Å². The Labute approximate surface area is 155 Å². The number of anilines is 2. The van der Waals surface area contributed by atoms with E-state index in [1.54, 1.807) is 12.1 Å². The minimum absolute atomic E-state index is 0.150. The van der Waals surface area contributed by atoms with Crippen molar-refractivity contribution in [3.63, 3.8) is 0 Å². The van der Waals surface area contributed by atoms with Crippen LogP contribution in [0.15, 0.2) is 46.9 Å². The van der Waals surface area contributed by atoms with Gasteiger partial charge in [-0.05, 0) is 67.6 Å². The summed E-state index contributed by atoms with van der Waals surface area (Å²) in [6.45, 7) is 0.770. The number of rotatable bonds is 3. The third kappa shape index (κ3) is 3.47. The summed E-state index contributed by atoms with van der Waals surface area (Å²) in [4.78, 5) is 26.9. The van der Waals surface area contributed by atoms with Crippen LogP contribution in [0.2, 0.25) is 0 Å². The molecule has 0 spiro atoms. The third-order valence-corrected chi connectivity index (χ3v) is 5.29. The molecule has 25 heavy (non-hydrogen) atoms. The van der Waals surface area contributed by atoms with Crippen molar-refractivity contribution in [1.29, 1.82) is 0 Å². The molecule has 0 bridgehead atoms. The number of amides is 2. The lowest BCUT2D eigenvalue weighted by molar-refractivity contribution is -0.119. The molecular weight excluding hydrogens is 380 g/mol. The van der Waals surface area contributed by atoms with Crippen molar-refractivity contribution in [3.8, 4) is 0 Å². The van der Waals surface area contributed by atoms with Crippen molar-refractivity contribution >= 4 is 39.1 Å². The topological polar surface area (TPSA) is 49.4 Å². The van der Waals surface area contributed by atoms with Gasteiger partial charge in [-0.15, -0.1) is 0 Å². The first-order valence-corrected chi connectivity index (χ1v) is 9.42. The molecule has 2 aliphatic rings. The Morgan fingerprint density at radius 1 is 1.08 bits per heavy atom. The monoisotopic (exact) mass is 398 g/mol. The van der Waals surface area contributed by atoms with Crippen molar-refractivity contribution in [2.45, 2.75) is 25.7 Å². The van der Waals surface area contributed by atoms with Crippen molar-refractivity contribution in [3.05, 3.63) is 58.1 Å². The molecule has 1 N–H and O–H groups in total. The fourth-order valence-electron chi connectivity index (χ4n) is 3.24. The average molecular weight is 399 g/mol. The first kappa shape index (κ1) is 16.3. The van der Waals surface area contributed by atoms with E-state index in [4.69, 9.17) is 0 Å². The molecule has 1 aliphatic heterocycles. The zero-order valence-corrected chi connectivity index (χ0v) is 15.4. The second-order valence-electron chi connectivity index (χ2n) is 6.67. The Kier molecular flexibility index (Phi) is 4.34. The second kappa shape index (κ2) is 6.64. The summed E-state index contributed by atoms with van der Waals surface area (Å²) >= 11 is 3.37. The largest absolute Gasteiger partial charge is 0.322 e. The van der Waals surface area contributed by atoms with E-state index in [9.17, 15) is 9.59 Å².